The third-order valence-corrected chi connectivity index (χ3v) is 2.50. The number of hydrogen-bond acceptors (Lipinski definition) is 4. The number of carbonyl (C=O) groups is 1. The highest BCUT2D eigenvalue weighted by Gasteiger charge is 2.14. The summed E-state index contributed by atoms with van der Waals surface area (Å²) in [6, 6.07) is 3.56. The predicted octanol–water partition coefficient (Wildman–Crippen LogP) is 0.240. The van der Waals surface area contributed by atoms with Crippen molar-refractivity contribution < 1.29 is 4.79 Å². The van der Waals surface area contributed by atoms with Gasteiger partial charge in [0.15, 0.2) is 0 Å². The number of thiocarbonyl (C=S) groups is 1. The number of rotatable bonds is 4. The lowest BCUT2D eigenvalue weighted by atomic mass is 10.2. The van der Waals surface area contributed by atoms with Crippen LogP contribution in [0.15, 0.2) is 18.3 Å². The summed E-state index contributed by atoms with van der Waals surface area (Å²) in [6.07, 6.45) is 1.65. The highest BCUT2D eigenvalue weighted by Crippen LogP contribution is 2.15. The number of nitrogens with two attached hydrogens (primary N) is 1. The monoisotopic (exact) mass is 252 g/mol. The molecule has 17 heavy (non-hydrogen) atoms. The quantitative estimate of drug-likeness (QED) is 0.778. The number of nitrogens with zero attached hydrogens (tertiary/aromatic N) is 3. The van der Waals surface area contributed by atoms with Crippen molar-refractivity contribution in [1.29, 1.82) is 0 Å². The molecular formula is C11H16N4OS. The molecule has 0 saturated carbocycles. The fourth-order valence-electron chi connectivity index (χ4n) is 1.31. The summed E-state index contributed by atoms with van der Waals surface area (Å²) in [4.78, 5) is 19.3. The van der Waals surface area contributed by atoms with E-state index in [0.717, 1.165) is 0 Å². The lowest BCUT2D eigenvalue weighted by molar-refractivity contribution is -0.127. The number of pyridine rings is 1. The molecule has 0 spiro atoms. The first-order valence-corrected chi connectivity index (χ1v) is 5.50. The molecule has 6 heteroatoms. The molecule has 1 amide bonds. The SMILES string of the molecule is CN(C)C(=O)CN(C)c1ncccc1C(N)=S. The molecule has 1 aromatic rings. The molecule has 0 aliphatic heterocycles. The van der Waals surface area contributed by atoms with Gasteiger partial charge in [0.1, 0.15) is 10.8 Å². The second-order valence-electron chi connectivity index (χ2n) is 3.88. The summed E-state index contributed by atoms with van der Waals surface area (Å²) in [7, 11) is 5.21. The first-order chi connectivity index (χ1) is 7.93. The molecule has 92 valence electrons. The maximum atomic E-state index is 11.6. The van der Waals surface area contributed by atoms with Crippen molar-refractivity contribution in [2.24, 2.45) is 5.73 Å². The average Bonchev–Trinajstić information content (AvgIpc) is 2.28. The van der Waals surface area contributed by atoms with Crippen LogP contribution < -0.4 is 10.6 Å². The number of amides is 1. The van der Waals surface area contributed by atoms with E-state index in [9.17, 15) is 4.79 Å². The lowest BCUT2D eigenvalue weighted by Crippen LogP contribution is -2.35. The largest absolute Gasteiger partial charge is 0.389 e. The van der Waals surface area contributed by atoms with Crippen LogP contribution in [0, 0.1) is 0 Å². The van der Waals surface area contributed by atoms with Crippen molar-refractivity contribution >= 4 is 28.9 Å². The van der Waals surface area contributed by atoms with Gasteiger partial charge in [-0.25, -0.2) is 4.98 Å². The summed E-state index contributed by atoms with van der Waals surface area (Å²) in [5, 5.41) is 0. The van der Waals surface area contributed by atoms with Crippen molar-refractivity contribution in [3.8, 4) is 0 Å². The van der Waals surface area contributed by atoms with Gasteiger partial charge in [-0.05, 0) is 12.1 Å². The Morgan fingerprint density at radius 2 is 2.12 bits per heavy atom. The Kier molecular flexibility index (Phi) is 4.39. The van der Waals surface area contributed by atoms with E-state index in [2.05, 4.69) is 4.98 Å². The van der Waals surface area contributed by atoms with Gasteiger partial charge in [-0.1, -0.05) is 12.2 Å². The topological polar surface area (TPSA) is 62.5 Å². The van der Waals surface area contributed by atoms with Crippen molar-refractivity contribution in [2.45, 2.75) is 0 Å². The zero-order valence-electron chi connectivity index (χ0n) is 10.2. The minimum absolute atomic E-state index is 0.00737. The van der Waals surface area contributed by atoms with E-state index in [1.54, 1.807) is 44.4 Å². The van der Waals surface area contributed by atoms with Gasteiger partial charge in [0.25, 0.3) is 0 Å². The van der Waals surface area contributed by atoms with Crippen LogP contribution in [-0.2, 0) is 4.79 Å². The minimum atomic E-state index is -0.00737. The van der Waals surface area contributed by atoms with Crippen LogP contribution in [0.5, 0.6) is 0 Å². The van der Waals surface area contributed by atoms with Crippen LogP contribution in [0.4, 0.5) is 5.82 Å². The number of carbonyl (C=O) groups excluding carboxylic acids is 1. The molecular weight excluding hydrogens is 236 g/mol. The highest BCUT2D eigenvalue weighted by molar-refractivity contribution is 7.80. The number of anilines is 1. The zero-order chi connectivity index (χ0) is 13.0. The van der Waals surface area contributed by atoms with E-state index < -0.39 is 0 Å². The smallest absolute Gasteiger partial charge is 0.241 e. The zero-order valence-corrected chi connectivity index (χ0v) is 11.0. The van der Waals surface area contributed by atoms with Gasteiger partial charge in [-0.3, -0.25) is 4.79 Å². The lowest BCUT2D eigenvalue weighted by Gasteiger charge is -2.21. The van der Waals surface area contributed by atoms with Crippen LogP contribution in [0.1, 0.15) is 5.56 Å². The van der Waals surface area contributed by atoms with Gasteiger partial charge in [-0.2, -0.15) is 0 Å². The van der Waals surface area contributed by atoms with E-state index in [0.29, 0.717) is 11.4 Å². The van der Waals surface area contributed by atoms with Crippen LogP contribution in [0.2, 0.25) is 0 Å². The molecule has 0 radical (unpaired) electrons. The molecule has 1 heterocycles. The van der Waals surface area contributed by atoms with Gasteiger partial charge in [-0.15, -0.1) is 0 Å². The normalized spacial score (nSPS) is 9.82. The van der Waals surface area contributed by atoms with Gasteiger partial charge in [0.2, 0.25) is 5.91 Å². The molecule has 0 aliphatic rings. The van der Waals surface area contributed by atoms with Crippen molar-refractivity contribution in [2.75, 3.05) is 32.6 Å². The fraction of sp³-hybridized carbons (Fsp3) is 0.364. The van der Waals surface area contributed by atoms with Crippen molar-refractivity contribution in [1.82, 2.24) is 9.88 Å². The third kappa shape index (κ3) is 3.39. The van der Waals surface area contributed by atoms with Crippen LogP contribution in [0.25, 0.3) is 0 Å². The Morgan fingerprint density at radius 3 is 2.65 bits per heavy atom. The maximum Gasteiger partial charge on any atom is 0.241 e. The molecule has 0 unspecified atom stereocenters. The van der Waals surface area contributed by atoms with Gasteiger partial charge < -0.3 is 15.5 Å². The summed E-state index contributed by atoms with van der Waals surface area (Å²) in [6.45, 7) is 0.236. The molecule has 2 N–H and O–H groups in total. The second kappa shape index (κ2) is 5.58. The van der Waals surface area contributed by atoms with E-state index in [1.165, 1.54) is 4.90 Å². The summed E-state index contributed by atoms with van der Waals surface area (Å²) < 4.78 is 0. The van der Waals surface area contributed by atoms with E-state index >= 15 is 0 Å². The molecule has 0 aromatic carbocycles. The van der Waals surface area contributed by atoms with Crippen molar-refractivity contribution in [3.63, 3.8) is 0 Å². The molecule has 0 atom stereocenters. The molecule has 1 aromatic heterocycles. The molecule has 0 saturated heterocycles. The molecule has 1 rings (SSSR count). The van der Waals surface area contributed by atoms with Gasteiger partial charge in [0, 0.05) is 27.3 Å². The first-order valence-electron chi connectivity index (χ1n) is 5.09. The summed E-state index contributed by atoms with van der Waals surface area (Å²) >= 11 is 4.95. The Labute approximate surface area is 106 Å². The number of aromatic nitrogens is 1. The highest BCUT2D eigenvalue weighted by atomic mass is 32.1. The minimum Gasteiger partial charge on any atom is -0.389 e. The Hall–Kier alpha value is -1.69. The van der Waals surface area contributed by atoms with Crippen LogP contribution in [0.3, 0.4) is 0 Å². The third-order valence-electron chi connectivity index (χ3n) is 2.28. The van der Waals surface area contributed by atoms with Gasteiger partial charge in [0.05, 0.1) is 12.1 Å². The Morgan fingerprint density at radius 1 is 1.47 bits per heavy atom. The molecule has 0 aliphatic carbocycles. The predicted molar refractivity (Wildman–Crippen MR) is 72.1 cm³/mol. The molecule has 0 bridgehead atoms. The molecule has 5 nitrogen and oxygen atoms in total. The van der Waals surface area contributed by atoms with Gasteiger partial charge >= 0.3 is 0 Å². The number of hydrogen-bond donors (Lipinski definition) is 1. The van der Waals surface area contributed by atoms with E-state index in [1.807, 2.05) is 0 Å². The summed E-state index contributed by atoms with van der Waals surface area (Å²) in [5.41, 5.74) is 6.29. The fourth-order valence-corrected chi connectivity index (χ4v) is 1.47. The molecule has 0 fully saturated rings. The number of likely N-dealkylation sites (N-methyl/N-ethyl adjacent to an activating group) is 2. The maximum absolute atomic E-state index is 11.6. The summed E-state index contributed by atoms with van der Waals surface area (Å²) in [5.74, 6) is 0.613. The van der Waals surface area contributed by atoms with E-state index in [4.69, 9.17) is 18.0 Å². The first kappa shape index (κ1) is 13.4. The average molecular weight is 252 g/mol. The standard InChI is InChI=1S/C11H16N4OS/c1-14(2)9(16)7-15(3)11-8(10(12)17)5-4-6-13-11/h4-6H,7H2,1-3H3,(H2,12,17). The Bertz CT molecular complexity index is 433. The van der Waals surface area contributed by atoms with E-state index in [-0.39, 0.29) is 17.4 Å². The Balaban J connectivity index is 2.92. The second-order valence-corrected chi connectivity index (χ2v) is 4.32. The van der Waals surface area contributed by atoms with Crippen LogP contribution in [-0.4, -0.2) is 48.5 Å². The van der Waals surface area contributed by atoms with Crippen LogP contribution >= 0.6 is 12.2 Å². The van der Waals surface area contributed by atoms with Crippen molar-refractivity contribution in [3.05, 3.63) is 23.9 Å².